The zero-order valence-electron chi connectivity index (χ0n) is 16.2. The maximum absolute atomic E-state index is 11.6. The van der Waals surface area contributed by atoms with Gasteiger partial charge in [0.05, 0.1) is 5.60 Å². The predicted molar refractivity (Wildman–Crippen MR) is 112 cm³/mol. The number of rotatable bonds is 5. The fourth-order valence-corrected chi connectivity index (χ4v) is 4.79. The molecule has 2 aliphatic rings. The topological polar surface area (TPSA) is 35.5 Å². The molecule has 1 heterocycles. The highest BCUT2D eigenvalue weighted by Crippen LogP contribution is 2.41. The third-order valence-electron chi connectivity index (χ3n) is 6.44. The Balaban J connectivity index is 1.59. The lowest BCUT2D eigenvalue weighted by molar-refractivity contribution is -0.0316. The van der Waals surface area contributed by atoms with Crippen molar-refractivity contribution >= 4 is 0 Å². The number of nitrogens with one attached hydrogen (secondary N) is 1. The first-order valence-electron chi connectivity index (χ1n) is 10.6. The average Bonchev–Trinajstić information content (AvgIpc) is 2.74. The van der Waals surface area contributed by atoms with Gasteiger partial charge in [-0.25, -0.2) is 0 Å². The van der Waals surface area contributed by atoms with Crippen LogP contribution < -0.4 is 5.32 Å². The molecule has 2 N–H and O–H groups in total. The quantitative estimate of drug-likeness (QED) is 0.841. The third-order valence-corrected chi connectivity index (χ3v) is 6.44. The van der Waals surface area contributed by atoms with Crippen molar-refractivity contribution in [2.45, 2.75) is 43.6 Å². The molecule has 0 amide bonds. The second kappa shape index (κ2) is 8.55. The maximum atomic E-state index is 11.6. The van der Waals surface area contributed by atoms with Crippen LogP contribution in [0, 0.1) is 0 Å². The molecule has 0 bridgehead atoms. The Bertz CT molecular complexity index is 701. The lowest BCUT2D eigenvalue weighted by Gasteiger charge is -2.42. The van der Waals surface area contributed by atoms with Crippen molar-refractivity contribution in [3.8, 4) is 11.1 Å². The van der Waals surface area contributed by atoms with E-state index in [1.54, 1.807) is 0 Å². The molecule has 0 spiro atoms. The van der Waals surface area contributed by atoms with Crippen LogP contribution >= 0.6 is 0 Å². The molecular formula is C24H32N2O. The van der Waals surface area contributed by atoms with Crippen LogP contribution in [0.1, 0.15) is 43.6 Å². The van der Waals surface area contributed by atoms with Crippen molar-refractivity contribution in [2.24, 2.45) is 0 Å². The Morgan fingerprint density at radius 1 is 0.852 bits per heavy atom. The number of hydrogen-bond acceptors (Lipinski definition) is 3. The van der Waals surface area contributed by atoms with Gasteiger partial charge in [-0.15, -0.1) is 0 Å². The maximum Gasteiger partial charge on any atom is 0.0728 e. The first kappa shape index (κ1) is 18.7. The number of nitrogens with zero attached hydrogens (tertiary/aromatic N) is 1. The van der Waals surface area contributed by atoms with E-state index >= 15 is 0 Å². The van der Waals surface area contributed by atoms with E-state index in [9.17, 15) is 5.11 Å². The summed E-state index contributed by atoms with van der Waals surface area (Å²) >= 11 is 0. The number of aliphatic hydroxyl groups is 1. The molecule has 0 radical (unpaired) electrons. The molecule has 2 fully saturated rings. The van der Waals surface area contributed by atoms with Crippen molar-refractivity contribution in [1.29, 1.82) is 0 Å². The van der Waals surface area contributed by atoms with Crippen molar-refractivity contribution < 1.29 is 5.11 Å². The molecule has 144 valence electrons. The molecule has 1 saturated heterocycles. The van der Waals surface area contributed by atoms with Crippen molar-refractivity contribution in [2.75, 3.05) is 32.7 Å². The first-order chi connectivity index (χ1) is 13.2. The van der Waals surface area contributed by atoms with E-state index in [0.29, 0.717) is 0 Å². The van der Waals surface area contributed by atoms with Gasteiger partial charge in [-0.1, -0.05) is 73.9 Å². The molecule has 1 atom stereocenters. The molecular weight excluding hydrogens is 332 g/mol. The van der Waals surface area contributed by atoms with Crippen LogP contribution in [0.15, 0.2) is 54.6 Å². The third kappa shape index (κ3) is 4.43. The SMILES string of the molecule is OC1(C(CN2CCNCC2)c2ccc(-c3ccccc3)cc2)CCCCC1. The second-order valence-electron chi connectivity index (χ2n) is 8.26. The van der Waals surface area contributed by atoms with Gasteiger partial charge in [0.1, 0.15) is 0 Å². The summed E-state index contributed by atoms with van der Waals surface area (Å²) in [7, 11) is 0. The molecule has 3 heteroatoms. The van der Waals surface area contributed by atoms with Crippen molar-refractivity contribution in [3.63, 3.8) is 0 Å². The van der Waals surface area contributed by atoms with Crippen LogP contribution in [0.2, 0.25) is 0 Å². The highest BCUT2D eigenvalue weighted by molar-refractivity contribution is 5.63. The fraction of sp³-hybridized carbons (Fsp3) is 0.500. The molecule has 4 rings (SSSR count). The minimum Gasteiger partial charge on any atom is -0.389 e. The number of hydrogen-bond donors (Lipinski definition) is 2. The van der Waals surface area contributed by atoms with E-state index in [2.05, 4.69) is 64.8 Å². The summed E-state index contributed by atoms with van der Waals surface area (Å²) in [6, 6.07) is 19.5. The Labute approximate surface area is 163 Å². The van der Waals surface area contributed by atoms with E-state index in [-0.39, 0.29) is 5.92 Å². The summed E-state index contributed by atoms with van der Waals surface area (Å²) < 4.78 is 0. The van der Waals surface area contributed by atoms with Crippen LogP contribution in [-0.4, -0.2) is 48.3 Å². The van der Waals surface area contributed by atoms with Gasteiger partial charge in [-0.05, 0) is 29.5 Å². The summed E-state index contributed by atoms with van der Waals surface area (Å²) in [5, 5.41) is 15.0. The molecule has 1 saturated carbocycles. The molecule has 2 aromatic carbocycles. The Hall–Kier alpha value is -1.68. The van der Waals surface area contributed by atoms with E-state index in [4.69, 9.17) is 0 Å². The van der Waals surface area contributed by atoms with Gasteiger partial charge in [0, 0.05) is 38.6 Å². The summed E-state index contributed by atoms with van der Waals surface area (Å²) in [6.45, 7) is 5.22. The van der Waals surface area contributed by atoms with Gasteiger partial charge in [-0.2, -0.15) is 0 Å². The molecule has 1 unspecified atom stereocenters. The first-order valence-corrected chi connectivity index (χ1v) is 10.6. The minimum atomic E-state index is -0.558. The molecule has 0 aromatic heterocycles. The van der Waals surface area contributed by atoms with E-state index < -0.39 is 5.60 Å². The predicted octanol–water partition coefficient (Wildman–Crippen LogP) is 4.04. The van der Waals surface area contributed by atoms with Gasteiger partial charge in [-0.3, -0.25) is 0 Å². The highest BCUT2D eigenvalue weighted by Gasteiger charge is 2.39. The molecule has 1 aliphatic heterocycles. The molecule has 3 nitrogen and oxygen atoms in total. The van der Waals surface area contributed by atoms with E-state index in [1.807, 2.05) is 0 Å². The fourth-order valence-electron chi connectivity index (χ4n) is 4.79. The van der Waals surface area contributed by atoms with Crippen molar-refractivity contribution in [1.82, 2.24) is 10.2 Å². The van der Waals surface area contributed by atoms with Gasteiger partial charge in [0.25, 0.3) is 0 Å². The van der Waals surface area contributed by atoms with Gasteiger partial charge in [0.2, 0.25) is 0 Å². The van der Waals surface area contributed by atoms with E-state index in [1.165, 1.54) is 23.1 Å². The van der Waals surface area contributed by atoms with Gasteiger partial charge >= 0.3 is 0 Å². The highest BCUT2D eigenvalue weighted by atomic mass is 16.3. The molecule has 1 aliphatic carbocycles. The van der Waals surface area contributed by atoms with Gasteiger partial charge < -0.3 is 15.3 Å². The Morgan fingerprint density at radius 3 is 2.15 bits per heavy atom. The summed E-state index contributed by atoms with van der Waals surface area (Å²) in [5.74, 6) is 0.195. The van der Waals surface area contributed by atoms with Crippen LogP contribution in [0.3, 0.4) is 0 Å². The largest absolute Gasteiger partial charge is 0.389 e. The number of piperazine rings is 1. The minimum absolute atomic E-state index is 0.195. The molecule has 27 heavy (non-hydrogen) atoms. The Morgan fingerprint density at radius 2 is 1.48 bits per heavy atom. The van der Waals surface area contributed by atoms with Gasteiger partial charge in [0.15, 0.2) is 0 Å². The monoisotopic (exact) mass is 364 g/mol. The average molecular weight is 365 g/mol. The number of benzene rings is 2. The van der Waals surface area contributed by atoms with Crippen LogP contribution in [-0.2, 0) is 0 Å². The smallest absolute Gasteiger partial charge is 0.0728 e. The Kier molecular flexibility index (Phi) is 5.92. The zero-order chi connectivity index (χ0) is 18.5. The van der Waals surface area contributed by atoms with E-state index in [0.717, 1.165) is 58.4 Å². The van der Waals surface area contributed by atoms with Crippen LogP contribution in [0.25, 0.3) is 11.1 Å². The van der Waals surface area contributed by atoms with Crippen molar-refractivity contribution in [3.05, 3.63) is 60.2 Å². The summed E-state index contributed by atoms with van der Waals surface area (Å²) in [5.41, 5.74) is 3.23. The normalized spacial score (nSPS) is 21.7. The van der Waals surface area contributed by atoms with Crippen LogP contribution in [0.5, 0.6) is 0 Å². The lowest BCUT2D eigenvalue weighted by atomic mass is 9.72. The summed E-state index contributed by atoms with van der Waals surface area (Å²) in [4.78, 5) is 2.53. The molecule has 2 aromatic rings. The lowest BCUT2D eigenvalue weighted by Crippen LogP contribution is -2.49. The van der Waals surface area contributed by atoms with Crippen LogP contribution in [0.4, 0.5) is 0 Å². The standard InChI is InChI=1S/C24H32N2O/c27-24(13-5-2-6-14-24)23(19-26-17-15-25-16-18-26)22-11-9-21(10-12-22)20-7-3-1-4-8-20/h1,3-4,7-12,23,25,27H,2,5-6,13-19H2. The summed E-state index contributed by atoms with van der Waals surface area (Å²) in [6.07, 6.45) is 5.43. The second-order valence-corrected chi connectivity index (χ2v) is 8.26. The zero-order valence-corrected chi connectivity index (χ0v) is 16.2.